The van der Waals surface area contributed by atoms with Gasteiger partial charge in [-0.15, -0.1) is 0 Å². The van der Waals surface area contributed by atoms with E-state index in [1.165, 1.54) is 6.20 Å². The first-order chi connectivity index (χ1) is 6.78. The topological polar surface area (TPSA) is 60.9 Å². The lowest BCUT2D eigenvalue weighted by Crippen LogP contribution is -2.45. The van der Waals surface area contributed by atoms with Gasteiger partial charge in [-0.2, -0.15) is 0 Å². The monoisotopic (exact) mass is 193 g/mol. The molecular weight excluding hydrogens is 178 g/mol. The molecule has 1 fully saturated rings. The highest BCUT2D eigenvalue weighted by Crippen LogP contribution is 2.34. The van der Waals surface area contributed by atoms with Crippen molar-refractivity contribution in [1.82, 2.24) is 9.55 Å². The van der Waals surface area contributed by atoms with Crippen molar-refractivity contribution in [3.05, 3.63) is 28.9 Å². The van der Waals surface area contributed by atoms with Crippen molar-refractivity contribution >= 4 is 0 Å². The van der Waals surface area contributed by atoms with Crippen LogP contribution in [-0.4, -0.2) is 16.1 Å². The Hall–Kier alpha value is -1.16. The van der Waals surface area contributed by atoms with Crippen LogP contribution in [0.25, 0.3) is 0 Å². The van der Waals surface area contributed by atoms with Crippen LogP contribution in [0.4, 0.5) is 0 Å². The number of rotatable bonds is 2. The first kappa shape index (κ1) is 9.40. The Morgan fingerprint density at radius 3 is 2.79 bits per heavy atom. The van der Waals surface area contributed by atoms with Gasteiger partial charge in [-0.25, -0.2) is 9.78 Å². The molecule has 0 atom stereocenters. The number of aromatic nitrogens is 2. The number of hydrogen-bond donors (Lipinski definition) is 1. The Labute approximate surface area is 82.8 Å². The zero-order valence-electron chi connectivity index (χ0n) is 8.15. The predicted octanol–water partition coefficient (Wildman–Crippen LogP) is 0.471. The molecule has 0 aliphatic heterocycles. The maximum atomic E-state index is 11.6. The molecule has 1 heterocycles. The molecule has 4 nitrogen and oxygen atoms in total. The minimum Gasteiger partial charge on any atom is -0.328 e. The summed E-state index contributed by atoms with van der Waals surface area (Å²) < 4.78 is 1.71. The molecule has 1 aliphatic carbocycles. The third kappa shape index (κ3) is 1.35. The second kappa shape index (κ2) is 3.53. The molecular formula is C10H15N3O. The molecule has 0 amide bonds. The van der Waals surface area contributed by atoms with Crippen LogP contribution < -0.4 is 11.4 Å². The summed E-state index contributed by atoms with van der Waals surface area (Å²) in [5.41, 5.74) is 5.44. The van der Waals surface area contributed by atoms with E-state index in [4.69, 9.17) is 5.73 Å². The Kier molecular flexibility index (Phi) is 2.37. The standard InChI is InChI=1S/C10H15N3O/c11-8-10(4-1-2-5-10)13-7-3-6-12-9(13)14/h3,6-7H,1-2,4-5,8,11H2. The van der Waals surface area contributed by atoms with Crippen molar-refractivity contribution in [2.24, 2.45) is 5.73 Å². The quantitative estimate of drug-likeness (QED) is 0.742. The molecule has 0 saturated heterocycles. The predicted molar refractivity (Wildman–Crippen MR) is 54.0 cm³/mol. The van der Waals surface area contributed by atoms with E-state index in [1.54, 1.807) is 16.8 Å². The van der Waals surface area contributed by atoms with Crippen LogP contribution in [0.5, 0.6) is 0 Å². The second-order valence-corrected chi connectivity index (χ2v) is 3.91. The van der Waals surface area contributed by atoms with E-state index in [9.17, 15) is 4.79 Å². The van der Waals surface area contributed by atoms with Gasteiger partial charge in [-0.05, 0) is 18.9 Å². The van der Waals surface area contributed by atoms with Gasteiger partial charge in [0.25, 0.3) is 0 Å². The van der Waals surface area contributed by atoms with E-state index in [0.717, 1.165) is 25.7 Å². The summed E-state index contributed by atoms with van der Waals surface area (Å²) in [6, 6.07) is 1.79. The number of nitrogens with two attached hydrogens (primary N) is 1. The average Bonchev–Trinajstić information content (AvgIpc) is 2.68. The van der Waals surface area contributed by atoms with E-state index in [0.29, 0.717) is 6.54 Å². The van der Waals surface area contributed by atoms with E-state index in [-0.39, 0.29) is 11.2 Å². The summed E-state index contributed by atoms with van der Waals surface area (Å²) in [7, 11) is 0. The highest BCUT2D eigenvalue weighted by atomic mass is 16.1. The Morgan fingerprint density at radius 2 is 2.21 bits per heavy atom. The summed E-state index contributed by atoms with van der Waals surface area (Å²) >= 11 is 0. The van der Waals surface area contributed by atoms with Gasteiger partial charge >= 0.3 is 5.69 Å². The lowest BCUT2D eigenvalue weighted by molar-refractivity contribution is 0.290. The Morgan fingerprint density at radius 1 is 1.50 bits per heavy atom. The molecule has 0 bridgehead atoms. The Bertz CT molecular complexity index is 366. The van der Waals surface area contributed by atoms with Gasteiger partial charge in [-0.3, -0.25) is 4.57 Å². The normalized spacial score (nSPS) is 19.8. The largest absolute Gasteiger partial charge is 0.348 e. The van der Waals surface area contributed by atoms with Crippen LogP contribution >= 0.6 is 0 Å². The maximum Gasteiger partial charge on any atom is 0.348 e. The molecule has 76 valence electrons. The van der Waals surface area contributed by atoms with Crippen molar-refractivity contribution in [2.75, 3.05) is 6.54 Å². The minimum absolute atomic E-state index is 0.161. The summed E-state index contributed by atoms with van der Waals surface area (Å²) in [5, 5.41) is 0. The molecule has 0 radical (unpaired) electrons. The third-order valence-electron chi connectivity index (χ3n) is 3.14. The van der Waals surface area contributed by atoms with Crippen molar-refractivity contribution in [1.29, 1.82) is 0 Å². The molecule has 14 heavy (non-hydrogen) atoms. The van der Waals surface area contributed by atoms with Crippen LogP contribution in [0.2, 0.25) is 0 Å². The molecule has 2 rings (SSSR count). The fourth-order valence-electron chi connectivity index (χ4n) is 2.29. The Balaban J connectivity index is 2.46. The average molecular weight is 193 g/mol. The van der Waals surface area contributed by atoms with Crippen LogP contribution in [0.15, 0.2) is 23.3 Å². The molecule has 2 N–H and O–H groups in total. The van der Waals surface area contributed by atoms with Crippen LogP contribution in [0, 0.1) is 0 Å². The van der Waals surface area contributed by atoms with Crippen molar-refractivity contribution in [2.45, 2.75) is 31.2 Å². The summed E-state index contributed by atoms with van der Waals surface area (Å²) in [4.78, 5) is 15.3. The summed E-state index contributed by atoms with van der Waals surface area (Å²) in [6.07, 6.45) is 7.62. The van der Waals surface area contributed by atoms with Gasteiger partial charge in [0.15, 0.2) is 0 Å². The molecule has 1 aromatic rings. The second-order valence-electron chi connectivity index (χ2n) is 3.91. The molecule has 1 aromatic heterocycles. The fourth-order valence-corrected chi connectivity index (χ4v) is 2.29. The van der Waals surface area contributed by atoms with Crippen LogP contribution in [0.1, 0.15) is 25.7 Å². The fraction of sp³-hybridized carbons (Fsp3) is 0.600. The minimum atomic E-state index is -0.181. The molecule has 1 saturated carbocycles. The first-order valence-electron chi connectivity index (χ1n) is 5.03. The van der Waals surface area contributed by atoms with E-state index >= 15 is 0 Å². The molecule has 0 aromatic carbocycles. The third-order valence-corrected chi connectivity index (χ3v) is 3.14. The van der Waals surface area contributed by atoms with Crippen molar-refractivity contribution in [3.63, 3.8) is 0 Å². The van der Waals surface area contributed by atoms with E-state index in [2.05, 4.69) is 4.98 Å². The molecule has 1 aliphatic rings. The number of hydrogen-bond acceptors (Lipinski definition) is 3. The van der Waals surface area contributed by atoms with Crippen LogP contribution in [-0.2, 0) is 5.54 Å². The zero-order valence-corrected chi connectivity index (χ0v) is 8.15. The van der Waals surface area contributed by atoms with Gasteiger partial charge in [0, 0.05) is 18.9 Å². The van der Waals surface area contributed by atoms with E-state index < -0.39 is 0 Å². The van der Waals surface area contributed by atoms with Gasteiger partial charge < -0.3 is 5.73 Å². The highest BCUT2D eigenvalue weighted by Gasteiger charge is 2.34. The van der Waals surface area contributed by atoms with Crippen molar-refractivity contribution < 1.29 is 0 Å². The van der Waals surface area contributed by atoms with Gasteiger partial charge in [0.2, 0.25) is 0 Å². The highest BCUT2D eigenvalue weighted by molar-refractivity contribution is 4.96. The smallest absolute Gasteiger partial charge is 0.328 e. The molecule has 4 heteroatoms. The molecule has 0 spiro atoms. The van der Waals surface area contributed by atoms with Gasteiger partial charge in [0.1, 0.15) is 0 Å². The van der Waals surface area contributed by atoms with Gasteiger partial charge in [-0.1, -0.05) is 12.8 Å². The SMILES string of the molecule is NCC1(n2cccnc2=O)CCCC1. The number of nitrogens with zero attached hydrogens (tertiary/aromatic N) is 2. The first-order valence-corrected chi connectivity index (χ1v) is 5.03. The lowest BCUT2D eigenvalue weighted by atomic mass is 9.97. The zero-order chi connectivity index (χ0) is 10.0. The maximum absolute atomic E-state index is 11.6. The van der Waals surface area contributed by atoms with Gasteiger partial charge in [0.05, 0.1) is 5.54 Å². The summed E-state index contributed by atoms with van der Waals surface area (Å²) in [6.45, 7) is 0.526. The summed E-state index contributed by atoms with van der Waals surface area (Å²) in [5.74, 6) is 0. The van der Waals surface area contributed by atoms with Crippen LogP contribution in [0.3, 0.4) is 0 Å². The van der Waals surface area contributed by atoms with Crippen molar-refractivity contribution in [3.8, 4) is 0 Å². The lowest BCUT2D eigenvalue weighted by Gasteiger charge is -2.29. The molecule has 0 unspecified atom stereocenters. The van der Waals surface area contributed by atoms with E-state index in [1.807, 2.05) is 0 Å².